The molecule has 0 aromatic rings. The van der Waals surface area contributed by atoms with Crippen LogP contribution >= 0.6 is 0 Å². The van der Waals surface area contributed by atoms with Crippen molar-refractivity contribution in [2.75, 3.05) is 26.2 Å². The number of ether oxygens (including phenoxy) is 1. The minimum atomic E-state index is -0.506. The van der Waals surface area contributed by atoms with E-state index in [2.05, 4.69) is 11.5 Å². The Hall–Kier alpha value is -1.89. The molecule has 4 rings (SSSR count). The Bertz CT molecular complexity index is 666. The average Bonchev–Trinajstić information content (AvgIpc) is 3.43. The Balaban J connectivity index is 1.37. The highest BCUT2D eigenvalue weighted by Crippen LogP contribution is 2.45. The fourth-order valence-corrected chi connectivity index (χ4v) is 4.95. The van der Waals surface area contributed by atoms with Gasteiger partial charge in [0.1, 0.15) is 0 Å². The van der Waals surface area contributed by atoms with Crippen LogP contribution in [0.4, 0.5) is 4.79 Å². The van der Waals surface area contributed by atoms with Gasteiger partial charge in [0.05, 0.1) is 11.2 Å². The summed E-state index contributed by atoms with van der Waals surface area (Å²) in [4.78, 5) is 43.2. The van der Waals surface area contributed by atoms with Gasteiger partial charge < -0.3 is 9.64 Å². The zero-order valence-electron chi connectivity index (χ0n) is 16.1. The molecule has 4 aliphatic rings. The van der Waals surface area contributed by atoms with Crippen molar-refractivity contribution in [3.63, 3.8) is 0 Å². The summed E-state index contributed by atoms with van der Waals surface area (Å²) in [6.07, 6.45) is 5.50. The summed E-state index contributed by atoms with van der Waals surface area (Å²) in [5.41, 5.74) is -0.506. The van der Waals surface area contributed by atoms with Crippen molar-refractivity contribution >= 4 is 17.9 Å². The van der Waals surface area contributed by atoms with Crippen LogP contribution in [0.15, 0.2) is 12.3 Å². The molecule has 3 aliphatic heterocycles. The lowest BCUT2D eigenvalue weighted by molar-refractivity contribution is -0.143. The van der Waals surface area contributed by atoms with Crippen molar-refractivity contribution in [3.8, 4) is 0 Å². The maximum atomic E-state index is 13.0. The number of allylic oxidation sites excluding steroid dienone is 1. The molecule has 0 aromatic carbocycles. The van der Waals surface area contributed by atoms with Crippen LogP contribution in [-0.4, -0.2) is 70.9 Å². The summed E-state index contributed by atoms with van der Waals surface area (Å²) in [6.45, 7) is 8.24. The fourth-order valence-electron chi connectivity index (χ4n) is 4.95. The van der Waals surface area contributed by atoms with E-state index in [-0.39, 0.29) is 23.9 Å². The van der Waals surface area contributed by atoms with E-state index in [1.807, 2.05) is 0 Å². The Morgan fingerprint density at radius 3 is 2.44 bits per heavy atom. The smallest absolute Gasteiger partial charge is 0.414 e. The SMILES string of the molecule is C=C(C)OC(=O)N1CCC(N2CCCC3(CC(=O)N(C4CC4)C3=O)C2)CC1. The highest BCUT2D eigenvalue weighted by molar-refractivity contribution is 6.06. The summed E-state index contributed by atoms with van der Waals surface area (Å²) in [5, 5.41) is 0. The standard InChI is InChI=1S/C20H29N3O4/c1-14(2)27-19(26)21-10-6-15(7-11-21)22-9-3-8-20(13-22)12-17(24)23(18(20)25)16-4-5-16/h15-16H,1,3-13H2,2H3. The van der Waals surface area contributed by atoms with E-state index in [4.69, 9.17) is 4.74 Å². The third kappa shape index (κ3) is 3.49. The van der Waals surface area contributed by atoms with Crippen LogP contribution in [0.1, 0.15) is 51.9 Å². The molecule has 1 aliphatic carbocycles. The number of likely N-dealkylation sites (tertiary alicyclic amines) is 3. The van der Waals surface area contributed by atoms with Gasteiger partial charge in [-0.1, -0.05) is 6.58 Å². The number of hydrogen-bond acceptors (Lipinski definition) is 5. The van der Waals surface area contributed by atoms with E-state index in [9.17, 15) is 14.4 Å². The van der Waals surface area contributed by atoms with Gasteiger partial charge in [0, 0.05) is 38.1 Å². The molecule has 7 nitrogen and oxygen atoms in total. The number of carbonyl (C=O) groups excluding carboxylic acids is 3. The van der Waals surface area contributed by atoms with Crippen molar-refractivity contribution < 1.29 is 19.1 Å². The lowest BCUT2D eigenvalue weighted by Crippen LogP contribution is -2.54. The molecule has 3 amide bonds. The molecule has 3 saturated heterocycles. The van der Waals surface area contributed by atoms with Crippen molar-refractivity contribution in [2.24, 2.45) is 5.41 Å². The van der Waals surface area contributed by atoms with Crippen molar-refractivity contribution in [1.29, 1.82) is 0 Å². The third-order valence-corrected chi connectivity index (χ3v) is 6.45. The van der Waals surface area contributed by atoms with Gasteiger partial charge in [-0.3, -0.25) is 19.4 Å². The summed E-state index contributed by atoms with van der Waals surface area (Å²) in [7, 11) is 0. The molecule has 7 heteroatoms. The number of piperidine rings is 2. The Morgan fingerprint density at radius 1 is 1.11 bits per heavy atom. The van der Waals surface area contributed by atoms with Gasteiger partial charge in [0.2, 0.25) is 11.8 Å². The Morgan fingerprint density at radius 2 is 1.81 bits per heavy atom. The van der Waals surface area contributed by atoms with Gasteiger partial charge in [-0.2, -0.15) is 0 Å². The van der Waals surface area contributed by atoms with Crippen LogP contribution in [0.2, 0.25) is 0 Å². The quantitative estimate of drug-likeness (QED) is 0.558. The second kappa shape index (κ2) is 6.93. The molecule has 0 N–H and O–H groups in total. The summed E-state index contributed by atoms with van der Waals surface area (Å²) in [6, 6.07) is 0.524. The van der Waals surface area contributed by atoms with E-state index in [1.54, 1.807) is 16.7 Å². The molecular formula is C20H29N3O4. The molecule has 1 atom stereocenters. The lowest BCUT2D eigenvalue weighted by atomic mass is 9.77. The zero-order chi connectivity index (χ0) is 19.2. The van der Waals surface area contributed by atoms with Gasteiger partial charge in [-0.05, 0) is 52.0 Å². The van der Waals surface area contributed by atoms with Crippen LogP contribution in [0.5, 0.6) is 0 Å². The monoisotopic (exact) mass is 375 g/mol. The Kier molecular flexibility index (Phi) is 4.74. The van der Waals surface area contributed by atoms with E-state index in [0.717, 1.165) is 45.1 Å². The van der Waals surface area contributed by atoms with Gasteiger partial charge in [-0.15, -0.1) is 0 Å². The first-order valence-corrected chi connectivity index (χ1v) is 10.1. The number of rotatable bonds is 3. The maximum Gasteiger partial charge on any atom is 0.414 e. The molecule has 3 heterocycles. The highest BCUT2D eigenvalue weighted by Gasteiger charge is 2.56. The number of hydrogen-bond donors (Lipinski definition) is 0. The first-order chi connectivity index (χ1) is 12.9. The molecule has 148 valence electrons. The zero-order valence-corrected chi connectivity index (χ0v) is 16.1. The number of carbonyl (C=O) groups is 3. The van der Waals surface area contributed by atoms with Crippen molar-refractivity contribution in [2.45, 2.75) is 64.0 Å². The third-order valence-electron chi connectivity index (χ3n) is 6.45. The van der Waals surface area contributed by atoms with Crippen molar-refractivity contribution in [1.82, 2.24) is 14.7 Å². The summed E-state index contributed by atoms with van der Waals surface area (Å²) < 4.78 is 5.10. The largest absolute Gasteiger partial charge is 0.416 e. The second-order valence-corrected chi connectivity index (χ2v) is 8.62. The van der Waals surface area contributed by atoms with E-state index < -0.39 is 5.41 Å². The molecule has 1 spiro atoms. The van der Waals surface area contributed by atoms with E-state index >= 15 is 0 Å². The predicted molar refractivity (Wildman–Crippen MR) is 98.6 cm³/mol. The number of amides is 3. The molecular weight excluding hydrogens is 346 g/mol. The number of nitrogens with zero attached hydrogens (tertiary/aromatic N) is 3. The summed E-state index contributed by atoms with van der Waals surface area (Å²) in [5.74, 6) is 0.508. The molecule has 1 unspecified atom stereocenters. The predicted octanol–water partition coefficient (Wildman–Crippen LogP) is 2.12. The van der Waals surface area contributed by atoms with Gasteiger partial charge in [0.25, 0.3) is 0 Å². The van der Waals surface area contributed by atoms with Crippen LogP contribution in [0.25, 0.3) is 0 Å². The lowest BCUT2D eigenvalue weighted by Gasteiger charge is -2.45. The first-order valence-electron chi connectivity index (χ1n) is 10.1. The number of imide groups is 1. The van der Waals surface area contributed by atoms with Gasteiger partial charge >= 0.3 is 6.09 Å². The van der Waals surface area contributed by atoms with E-state index in [1.165, 1.54) is 0 Å². The molecule has 0 bridgehead atoms. The van der Waals surface area contributed by atoms with Crippen molar-refractivity contribution in [3.05, 3.63) is 12.3 Å². The summed E-state index contributed by atoms with van der Waals surface area (Å²) >= 11 is 0. The average molecular weight is 375 g/mol. The van der Waals surface area contributed by atoms with Crippen LogP contribution < -0.4 is 0 Å². The minimum absolute atomic E-state index is 0.0294. The first kappa shape index (κ1) is 18.5. The molecule has 0 radical (unpaired) electrons. The van der Waals surface area contributed by atoms with Gasteiger partial charge in [0.15, 0.2) is 0 Å². The van der Waals surface area contributed by atoms with E-state index in [0.29, 0.717) is 37.9 Å². The van der Waals surface area contributed by atoms with Crippen LogP contribution in [0.3, 0.4) is 0 Å². The molecule has 27 heavy (non-hydrogen) atoms. The molecule has 4 fully saturated rings. The fraction of sp³-hybridized carbons (Fsp3) is 0.750. The highest BCUT2D eigenvalue weighted by atomic mass is 16.6. The second-order valence-electron chi connectivity index (χ2n) is 8.62. The minimum Gasteiger partial charge on any atom is -0.416 e. The maximum absolute atomic E-state index is 13.0. The normalized spacial score (nSPS) is 30.3. The molecule has 0 aromatic heterocycles. The van der Waals surface area contributed by atoms with Crippen LogP contribution in [-0.2, 0) is 14.3 Å². The molecule has 1 saturated carbocycles. The topological polar surface area (TPSA) is 70.2 Å². The van der Waals surface area contributed by atoms with Crippen LogP contribution in [0, 0.1) is 5.41 Å². The Labute approximate surface area is 160 Å². The van der Waals surface area contributed by atoms with Gasteiger partial charge in [-0.25, -0.2) is 4.79 Å².